The minimum atomic E-state index is -0.294. The van der Waals surface area contributed by atoms with Gasteiger partial charge in [-0.05, 0) is 66.5 Å². The molecule has 4 rings (SSSR count). The van der Waals surface area contributed by atoms with E-state index in [4.69, 9.17) is 9.47 Å². The summed E-state index contributed by atoms with van der Waals surface area (Å²) in [4.78, 5) is 0. The molecule has 2 unspecified atom stereocenters. The maximum Gasteiger partial charge on any atom is 0.121 e. The van der Waals surface area contributed by atoms with E-state index >= 15 is 0 Å². The molecule has 240 valence electrons. The van der Waals surface area contributed by atoms with Gasteiger partial charge in [0.15, 0.2) is 0 Å². The lowest BCUT2D eigenvalue weighted by molar-refractivity contribution is 0.0510. The third-order valence-corrected chi connectivity index (χ3v) is 10.4. The fourth-order valence-electron chi connectivity index (χ4n) is 7.99. The zero-order chi connectivity index (χ0) is 32.6. The van der Waals surface area contributed by atoms with Crippen LogP contribution in [0.15, 0.2) is 107 Å². The maximum atomic E-state index is 10.3. The summed E-state index contributed by atoms with van der Waals surface area (Å²) in [6.07, 6.45) is 32.0. The number of hydrogen-bond acceptors (Lipinski definition) is 4. The van der Waals surface area contributed by atoms with Gasteiger partial charge >= 0.3 is 0 Å². The number of allylic oxidation sites excluding steroid dienone is 16. The summed E-state index contributed by atoms with van der Waals surface area (Å²) in [5, 5.41) is 20.5. The van der Waals surface area contributed by atoms with Crippen LogP contribution in [0.4, 0.5) is 0 Å². The maximum absolute atomic E-state index is 10.3. The highest BCUT2D eigenvalue weighted by Gasteiger charge is 2.75. The smallest absolute Gasteiger partial charge is 0.121 e. The van der Waals surface area contributed by atoms with E-state index in [1.165, 1.54) is 22.3 Å². The fourth-order valence-corrected chi connectivity index (χ4v) is 7.99. The van der Waals surface area contributed by atoms with Crippen molar-refractivity contribution < 1.29 is 19.7 Å². The Labute approximate surface area is 267 Å². The molecule has 2 saturated carbocycles. The Balaban J connectivity index is 1.25. The lowest BCUT2D eigenvalue weighted by atomic mass is 9.63. The lowest BCUT2D eigenvalue weighted by Gasteiger charge is -2.39. The zero-order valence-electron chi connectivity index (χ0n) is 28.8. The van der Waals surface area contributed by atoms with Crippen LogP contribution in [0.1, 0.15) is 94.9 Å². The molecule has 0 bridgehead atoms. The van der Waals surface area contributed by atoms with Crippen molar-refractivity contribution in [2.24, 2.45) is 10.8 Å². The van der Waals surface area contributed by atoms with Gasteiger partial charge in [-0.2, -0.15) is 0 Å². The molecule has 0 amide bonds. The molecule has 4 nitrogen and oxygen atoms in total. The van der Waals surface area contributed by atoms with Crippen LogP contribution in [0.5, 0.6) is 0 Å². The van der Waals surface area contributed by atoms with Crippen LogP contribution in [0.2, 0.25) is 0 Å². The first-order valence-corrected chi connectivity index (χ1v) is 16.3. The van der Waals surface area contributed by atoms with E-state index in [-0.39, 0.29) is 45.4 Å². The molecule has 4 aliphatic rings. The first kappa shape index (κ1) is 34.4. The van der Waals surface area contributed by atoms with Gasteiger partial charge in [-0.25, -0.2) is 0 Å². The van der Waals surface area contributed by atoms with E-state index in [0.29, 0.717) is 12.8 Å². The SMILES string of the molecule is CC(/C=C/C=C(C)/C=C/C12O[C@]1(C)C[C@@H](O)CC2(C)C)=C\C=C\C=C(C)\C=C\C=C(C)\C=C\[C@@]12O[C@]1(C)CC(O)CC2(C)C. The van der Waals surface area contributed by atoms with Crippen molar-refractivity contribution in [3.05, 3.63) is 107 Å². The van der Waals surface area contributed by atoms with Crippen LogP contribution in [0, 0.1) is 10.8 Å². The molecule has 2 aliphatic carbocycles. The number of epoxide rings is 2. The quantitative estimate of drug-likeness (QED) is 0.194. The average molecular weight is 601 g/mol. The van der Waals surface area contributed by atoms with Crippen LogP contribution in [0.3, 0.4) is 0 Å². The second kappa shape index (κ2) is 12.4. The van der Waals surface area contributed by atoms with Crippen molar-refractivity contribution in [1.82, 2.24) is 0 Å². The highest BCUT2D eigenvalue weighted by Crippen LogP contribution is 2.67. The van der Waals surface area contributed by atoms with Crippen LogP contribution >= 0.6 is 0 Å². The van der Waals surface area contributed by atoms with Gasteiger partial charge in [-0.1, -0.05) is 123 Å². The fraction of sp³-hybridized carbons (Fsp3) is 0.550. The molecular weight excluding hydrogens is 544 g/mol. The number of rotatable bonds is 10. The molecule has 0 aromatic rings. The van der Waals surface area contributed by atoms with Gasteiger partial charge in [0.1, 0.15) is 22.4 Å². The second-order valence-corrected chi connectivity index (χ2v) is 15.4. The highest BCUT2D eigenvalue weighted by atomic mass is 16.6. The Bertz CT molecular complexity index is 1270. The van der Waals surface area contributed by atoms with E-state index in [1.807, 2.05) is 0 Å². The van der Waals surface area contributed by atoms with Gasteiger partial charge in [-0.15, -0.1) is 0 Å². The number of aliphatic hydroxyl groups is 2. The summed E-state index contributed by atoms with van der Waals surface area (Å²) in [5.41, 5.74) is 3.36. The summed E-state index contributed by atoms with van der Waals surface area (Å²) in [6.45, 7) is 21.4. The standard InChI is InChI=1S/C40H56O4/c1-29(17-13-19-31(3)21-23-39-35(5,6)25-33(41)27-37(39,9)43-39)15-11-12-16-30(2)18-14-20-32(4)22-24-40-36(7,8)26-34(42)28-38(40,10)44-40/h11-24,33-34,41-42H,25-28H2,1-10H3/b12-11+,17-13+,18-14+,23-21+,24-22+,29-15+,30-16+,31-19+,32-20+/t33-,34?,37+,38+,39?,40-/m0/s1. The average Bonchev–Trinajstić information content (AvgIpc) is 3.73. The van der Waals surface area contributed by atoms with E-state index in [2.05, 4.69) is 154 Å². The molecule has 4 heteroatoms. The number of ether oxygens (including phenoxy) is 2. The molecule has 0 spiro atoms. The zero-order valence-corrected chi connectivity index (χ0v) is 28.8. The number of fused-ring (bicyclic) bond motifs is 2. The first-order chi connectivity index (χ1) is 20.4. The van der Waals surface area contributed by atoms with Crippen molar-refractivity contribution in [2.75, 3.05) is 0 Å². The predicted molar refractivity (Wildman–Crippen MR) is 183 cm³/mol. The molecule has 2 saturated heterocycles. The summed E-state index contributed by atoms with van der Waals surface area (Å²) in [5.74, 6) is 0. The first-order valence-electron chi connectivity index (χ1n) is 16.3. The van der Waals surface area contributed by atoms with E-state index < -0.39 is 0 Å². The van der Waals surface area contributed by atoms with E-state index in [9.17, 15) is 10.2 Å². The topological polar surface area (TPSA) is 65.5 Å². The van der Waals surface area contributed by atoms with Crippen molar-refractivity contribution in [2.45, 2.75) is 130 Å². The third kappa shape index (κ3) is 6.84. The van der Waals surface area contributed by atoms with Gasteiger partial charge in [0.05, 0.1) is 12.2 Å². The molecule has 2 heterocycles. The van der Waals surface area contributed by atoms with Crippen LogP contribution < -0.4 is 0 Å². The number of hydrogen-bond donors (Lipinski definition) is 2. The molecule has 44 heavy (non-hydrogen) atoms. The summed E-state index contributed by atoms with van der Waals surface area (Å²) < 4.78 is 12.5. The highest BCUT2D eigenvalue weighted by molar-refractivity contribution is 5.38. The Morgan fingerprint density at radius 1 is 0.500 bits per heavy atom. The Kier molecular flexibility index (Phi) is 9.66. The molecule has 0 aromatic heterocycles. The van der Waals surface area contributed by atoms with Crippen LogP contribution in [-0.2, 0) is 9.47 Å². The summed E-state index contributed by atoms with van der Waals surface area (Å²) in [7, 11) is 0. The van der Waals surface area contributed by atoms with Crippen molar-refractivity contribution in [3.8, 4) is 0 Å². The molecule has 2 N–H and O–H groups in total. The summed E-state index contributed by atoms with van der Waals surface area (Å²) >= 11 is 0. The molecular formula is C40H56O4. The largest absolute Gasteiger partial charge is 0.393 e. The van der Waals surface area contributed by atoms with Gasteiger partial charge in [-0.3, -0.25) is 0 Å². The van der Waals surface area contributed by atoms with Gasteiger partial charge in [0, 0.05) is 23.7 Å². The van der Waals surface area contributed by atoms with E-state index in [1.54, 1.807) is 0 Å². The molecule has 6 atom stereocenters. The van der Waals surface area contributed by atoms with Crippen molar-refractivity contribution in [1.29, 1.82) is 0 Å². The third-order valence-electron chi connectivity index (χ3n) is 10.4. The monoisotopic (exact) mass is 600 g/mol. The van der Waals surface area contributed by atoms with Gasteiger partial charge in [0.25, 0.3) is 0 Å². The molecule has 4 fully saturated rings. The van der Waals surface area contributed by atoms with Gasteiger partial charge < -0.3 is 19.7 Å². The molecule has 0 radical (unpaired) electrons. The number of aliphatic hydroxyl groups excluding tert-OH is 2. The minimum absolute atomic E-state index is 0.0969. The van der Waals surface area contributed by atoms with Crippen molar-refractivity contribution in [3.63, 3.8) is 0 Å². The Hall–Kier alpha value is -2.50. The Morgan fingerprint density at radius 3 is 1.16 bits per heavy atom. The molecule has 2 aliphatic heterocycles. The van der Waals surface area contributed by atoms with Crippen molar-refractivity contribution >= 4 is 0 Å². The van der Waals surface area contributed by atoms with E-state index in [0.717, 1.165) is 12.8 Å². The summed E-state index contributed by atoms with van der Waals surface area (Å²) in [6, 6.07) is 0. The van der Waals surface area contributed by atoms with Crippen LogP contribution in [0.25, 0.3) is 0 Å². The second-order valence-electron chi connectivity index (χ2n) is 15.4. The Morgan fingerprint density at radius 2 is 0.818 bits per heavy atom. The predicted octanol–water partition coefficient (Wildman–Crippen LogP) is 8.97. The molecule has 0 aromatic carbocycles. The van der Waals surface area contributed by atoms with Crippen LogP contribution in [-0.4, -0.2) is 44.8 Å². The van der Waals surface area contributed by atoms with Gasteiger partial charge in [0.2, 0.25) is 0 Å². The normalized spacial score (nSPS) is 39.2. The lowest BCUT2D eigenvalue weighted by Crippen LogP contribution is -2.46. The minimum Gasteiger partial charge on any atom is -0.393 e.